The summed E-state index contributed by atoms with van der Waals surface area (Å²) in [6.07, 6.45) is -1.21. The van der Waals surface area contributed by atoms with Crippen LogP contribution in [0.1, 0.15) is 21.1 Å². The Morgan fingerprint density at radius 3 is 1.51 bits per heavy atom. The number of hydrogen-bond acceptors (Lipinski definition) is 11. The fraction of sp³-hybridized carbons (Fsp3) is 0.130. The zero-order valence-electron chi connectivity index (χ0n) is 19.6. The molecule has 0 unspecified atom stereocenters. The molecule has 0 saturated heterocycles. The first-order valence-electron chi connectivity index (χ1n) is 9.74. The van der Waals surface area contributed by atoms with Gasteiger partial charge in [-0.2, -0.15) is 0 Å². The second-order valence-electron chi connectivity index (χ2n) is 7.06. The topological polar surface area (TPSA) is 211 Å². The Morgan fingerprint density at radius 1 is 0.784 bits per heavy atom. The number of aromatic carboxylic acids is 2. The molecular weight excluding hydrogens is 514 g/mol. The molecule has 4 aromatic rings. The van der Waals surface area contributed by atoms with E-state index >= 15 is 0 Å². The maximum absolute atomic E-state index is 12.3. The van der Waals surface area contributed by atoms with Gasteiger partial charge in [-0.05, 0) is 24.3 Å². The summed E-state index contributed by atoms with van der Waals surface area (Å²) >= 11 is 0. The predicted molar refractivity (Wildman–Crippen MR) is 114 cm³/mol. The first-order chi connectivity index (χ1) is 16.2. The maximum atomic E-state index is 12.3. The van der Waals surface area contributed by atoms with Gasteiger partial charge in [-0.25, -0.2) is 0 Å². The van der Waals surface area contributed by atoms with Crippen molar-refractivity contribution in [2.24, 2.45) is 0 Å². The van der Waals surface area contributed by atoms with Gasteiger partial charge in [0.2, 0.25) is 0 Å². The van der Waals surface area contributed by atoms with E-state index in [1.807, 2.05) is 0 Å². The number of benzene rings is 2. The first-order valence-corrected chi connectivity index (χ1v) is 9.74. The quantitative estimate of drug-likeness (QED) is 0.211. The van der Waals surface area contributed by atoms with Gasteiger partial charge in [0.15, 0.2) is 22.4 Å². The van der Waals surface area contributed by atoms with Crippen LogP contribution in [0.15, 0.2) is 67.0 Å². The molecule has 0 radical (unpaired) electrons. The molecule has 2 aromatic heterocycles. The minimum atomic E-state index is -1.64. The van der Waals surface area contributed by atoms with Crippen LogP contribution in [0.3, 0.4) is 0 Å². The Balaban J connectivity index is 0.00000228. The van der Waals surface area contributed by atoms with Crippen LogP contribution in [-0.4, -0.2) is 41.8 Å². The summed E-state index contributed by atoms with van der Waals surface area (Å²) in [5, 5.41) is 32.1. The Hall–Kier alpha value is -2.68. The molecule has 2 heterocycles. The van der Waals surface area contributed by atoms with Gasteiger partial charge in [0.05, 0.1) is 0 Å². The minimum Gasteiger partial charge on any atom is -0.542 e. The number of rotatable bonds is 8. The van der Waals surface area contributed by atoms with Crippen LogP contribution < -0.4 is 89.7 Å². The van der Waals surface area contributed by atoms with Crippen LogP contribution in [0.4, 0.5) is 0 Å². The van der Waals surface area contributed by atoms with Gasteiger partial charge < -0.3 is 48.7 Å². The SMILES string of the molecule is O.O=C([O-])c1cc(=O)c2c(OCC(O)COc3cccc4oc(C(=O)[O-])cc(=O)c34)cccc2o1.[Na+].[Na+]. The molecule has 0 aliphatic carbocycles. The second kappa shape index (κ2) is 13.7. The maximum Gasteiger partial charge on any atom is 1.00 e. The van der Waals surface area contributed by atoms with Gasteiger partial charge in [-0.1, -0.05) is 12.1 Å². The van der Waals surface area contributed by atoms with E-state index in [0.717, 1.165) is 12.1 Å². The molecule has 37 heavy (non-hydrogen) atoms. The molecule has 0 spiro atoms. The molecule has 14 heteroatoms. The average Bonchev–Trinajstić information content (AvgIpc) is 2.80. The van der Waals surface area contributed by atoms with Crippen molar-refractivity contribution < 1.29 is 108 Å². The van der Waals surface area contributed by atoms with Crippen molar-refractivity contribution in [3.63, 3.8) is 0 Å². The Morgan fingerprint density at radius 2 is 1.16 bits per heavy atom. The Bertz CT molecular complexity index is 1430. The van der Waals surface area contributed by atoms with Crippen molar-refractivity contribution in [3.8, 4) is 11.5 Å². The van der Waals surface area contributed by atoms with Crippen LogP contribution in [-0.2, 0) is 0 Å². The molecule has 0 aliphatic rings. The average molecular weight is 530 g/mol. The summed E-state index contributed by atoms with van der Waals surface area (Å²) in [5.74, 6) is -4.44. The molecular formula is C23H16Na2O12. The van der Waals surface area contributed by atoms with Gasteiger partial charge in [0.1, 0.15) is 64.7 Å². The van der Waals surface area contributed by atoms with Crippen molar-refractivity contribution in [2.75, 3.05) is 13.2 Å². The van der Waals surface area contributed by atoms with Crippen molar-refractivity contribution in [1.82, 2.24) is 0 Å². The fourth-order valence-electron chi connectivity index (χ4n) is 3.22. The molecule has 0 saturated carbocycles. The molecule has 0 aliphatic heterocycles. The van der Waals surface area contributed by atoms with E-state index in [4.69, 9.17) is 18.3 Å². The van der Waals surface area contributed by atoms with Crippen LogP contribution in [0, 0.1) is 0 Å². The molecule has 0 fully saturated rings. The third kappa shape index (κ3) is 7.21. The van der Waals surface area contributed by atoms with Crippen LogP contribution in [0.25, 0.3) is 21.9 Å². The van der Waals surface area contributed by atoms with Crippen molar-refractivity contribution >= 4 is 33.9 Å². The molecule has 182 valence electrons. The minimum absolute atomic E-state index is 0. The number of carboxylic acids is 2. The molecule has 0 bridgehead atoms. The predicted octanol–water partition coefficient (Wildman–Crippen LogP) is -7.37. The van der Waals surface area contributed by atoms with Gasteiger partial charge in [-0.3, -0.25) is 9.59 Å². The third-order valence-electron chi connectivity index (χ3n) is 4.70. The molecule has 0 amide bonds. The fourth-order valence-corrected chi connectivity index (χ4v) is 3.22. The second-order valence-corrected chi connectivity index (χ2v) is 7.06. The largest absolute Gasteiger partial charge is 1.00 e. The molecule has 0 atom stereocenters. The number of fused-ring (bicyclic) bond motifs is 2. The Kier molecular flexibility index (Phi) is 12.0. The molecule has 2 aromatic carbocycles. The summed E-state index contributed by atoms with van der Waals surface area (Å²) in [5.41, 5.74) is -1.40. The van der Waals surface area contributed by atoms with E-state index < -0.39 is 40.4 Å². The van der Waals surface area contributed by atoms with Crippen LogP contribution >= 0.6 is 0 Å². The third-order valence-corrected chi connectivity index (χ3v) is 4.70. The van der Waals surface area contributed by atoms with E-state index in [1.165, 1.54) is 36.4 Å². The first kappa shape index (κ1) is 32.3. The van der Waals surface area contributed by atoms with E-state index in [1.54, 1.807) is 0 Å². The smallest absolute Gasteiger partial charge is 0.542 e. The van der Waals surface area contributed by atoms with Crippen molar-refractivity contribution in [1.29, 1.82) is 0 Å². The van der Waals surface area contributed by atoms with Gasteiger partial charge in [0.25, 0.3) is 0 Å². The van der Waals surface area contributed by atoms with E-state index in [9.17, 15) is 34.5 Å². The number of hydrogen-bond donors (Lipinski definition) is 1. The zero-order valence-corrected chi connectivity index (χ0v) is 23.6. The number of aliphatic hydroxyl groups excluding tert-OH is 1. The molecule has 3 N–H and O–H groups in total. The van der Waals surface area contributed by atoms with E-state index in [2.05, 4.69) is 0 Å². The van der Waals surface area contributed by atoms with Crippen LogP contribution in [0.5, 0.6) is 11.5 Å². The van der Waals surface area contributed by atoms with Gasteiger partial charge in [-0.15, -0.1) is 0 Å². The zero-order chi connectivity index (χ0) is 24.4. The molecule has 12 nitrogen and oxygen atoms in total. The Labute approximate surface area is 251 Å². The van der Waals surface area contributed by atoms with E-state index in [0.29, 0.717) is 0 Å². The standard InChI is InChI=1S/C23H16O11.2Na.H2O/c24-11(9-31-14-3-1-5-16-20(14)12(25)7-18(33-16)22(27)28)10-32-15-4-2-6-17-21(15)13(26)8-19(34-17)23(29)30;;;/h1-8,11,24H,9-10H2,(H,27,28)(H,29,30);;;1H2/q;2*+1;/p-2. The summed E-state index contributed by atoms with van der Waals surface area (Å²) in [7, 11) is 0. The number of aliphatic hydroxyl groups is 1. The number of carbonyl (C=O) groups is 2. The normalized spacial score (nSPS) is 10.2. The van der Waals surface area contributed by atoms with Gasteiger partial charge in [0, 0.05) is 12.1 Å². The summed E-state index contributed by atoms with van der Waals surface area (Å²) in [6.45, 7) is -0.649. The summed E-state index contributed by atoms with van der Waals surface area (Å²) in [6, 6.07) is 10.1. The van der Waals surface area contributed by atoms with E-state index in [-0.39, 0.29) is 111 Å². The monoisotopic (exact) mass is 530 g/mol. The van der Waals surface area contributed by atoms with Gasteiger partial charge >= 0.3 is 59.1 Å². The number of carbonyl (C=O) groups excluding carboxylic acids is 2. The van der Waals surface area contributed by atoms with Crippen molar-refractivity contribution in [3.05, 3.63) is 80.5 Å². The number of ether oxygens (including phenoxy) is 2. The summed E-state index contributed by atoms with van der Waals surface area (Å²) < 4.78 is 21.2. The molecule has 4 rings (SSSR count). The van der Waals surface area contributed by atoms with Crippen molar-refractivity contribution in [2.45, 2.75) is 6.10 Å². The number of carboxylic acid groups (broad SMARTS) is 2. The summed E-state index contributed by atoms with van der Waals surface area (Å²) in [4.78, 5) is 46.5. The van der Waals surface area contributed by atoms with Crippen LogP contribution in [0.2, 0.25) is 0 Å².